The van der Waals surface area contributed by atoms with Crippen molar-refractivity contribution in [2.75, 3.05) is 18.0 Å². The minimum absolute atomic E-state index is 0.0587. The Hall–Kier alpha value is -1.77. The number of anilines is 1. The molecule has 0 spiro atoms. The summed E-state index contributed by atoms with van der Waals surface area (Å²) in [5.74, 6) is 0. The van der Waals surface area contributed by atoms with Gasteiger partial charge in [-0.2, -0.15) is 13.2 Å². The number of hydrogen-bond donors (Lipinski definition) is 1. The van der Waals surface area contributed by atoms with Gasteiger partial charge in [0.1, 0.15) is 0 Å². The van der Waals surface area contributed by atoms with E-state index in [1.165, 1.54) is 0 Å². The average molecular weight is 419 g/mol. The molecule has 4 nitrogen and oxygen atoms in total. The molecule has 1 N–H and O–H groups in total. The van der Waals surface area contributed by atoms with Gasteiger partial charge in [0.05, 0.1) is 15.5 Å². The van der Waals surface area contributed by atoms with E-state index in [-0.39, 0.29) is 12.6 Å². The summed E-state index contributed by atoms with van der Waals surface area (Å²) in [5.41, 5.74) is -0.177. The van der Waals surface area contributed by atoms with Crippen molar-refractivity contribution in [2.45, 2.75) is 30.0 Å². The Balaban J connectivity index is 1.76. The Morgan fingerprint density at radius 1 is 1.15 bits per heavy atom. The number of hydrogen-bond acceptors (Lipinski definition) is 3. The molecule has 0 amide bonds. The molecular weight excluding hydrogens is 401 g/mol. The number of benzene rings is 2. The first-order valence-electron chi connectivity index (χ1n) is 8.36. The Kier molecular flexibility index (Phi) is 5.69. The van der Waals surface area contributed by atoms with E-state index in [0.29, 0.717) is 6.07 Å². The standard InChI is InChI=1S/C18H18ClF3N2O2S/c19-17-9-8-15(11-16(17)18(20,21)22)27(25,26)23-12-14-7-4-10-24(14)13-5-2-1-3-6-13/h1-3,5-6,8-9,11,14,23H,4,7,10,12H2. The highest BCUT2D eigenvalue weighted by Gasteiger charge is 2.35. The van der Waals surface area contributed by atoms with Crippen LogP contribution in [-0.2, 0) is 16.2 Å². The van der Waals surface area contributed by atoms with Crippen LogP contribution in [0.5, 0.6) is 0 Å². The molecule has 9 heteroatoms. The van der Waals surface area contributed by atoms with Gasteiger partial charge in [0, 0.05) is 24.8 Å². The molecule has 0 aromatic heterocycles. The lowest BCUT2D eigenvalue weighted by Gasteiger charge is -2.27. The summed E-state index contributed by atoms with van der Waals surface area (Å²) in [4.78, 5) is 1.65. The maximum atomic E-state index is 13.0. The maximum Gasteiger partial charge on any atom is 0.417 e. The van der Waals surface area contributed by atoms with Crippen molar-refractivity contribution in [3.8, 4) is 0 Å². The topological polar surface area (TPSA) is 49.4 Å². The number of alkyl halides is 3. The molecule has 0 radical (unpaired) electrons. The van der Waals surface area contributed by atoms with Gasteiger partial charge in [0.2, 0.25) is 10.0 Å². The third-order valence-corrected chi connectivity index (χ3v) is 6.28. The van der Waals surface area contributed by atoms with Crippen LogP contribution in [0.2, 0.25) is 5.02 Å². The van der Waals surface area contributed by atoms with Gasteiger partial charge in [-0.1, -0.05) is 29.8 Å². The van der Waals surface area contributed by atoms with E-state index in [4.69, 9.17) is 11.6 Å². The Morgan fingerprint density at radius 2 is 1.85 bits per heavy atom. The lowest BCUT2D eigenvalue weighted by molar-refractivity contribution is -0.137. The molecule has 0 bridgehead atoms. The predicted molar refractivity (Wildman–Crippen MR) is 98.5 cm³/mol. The van der Waals surface area contributed by atoms with Crippen LogP contribution in [0.15, 0.2) is 53.4 Å². The van der Waals surface area contributed by atoms with Crippen LogP contribution in [0.3, 0.4) is 0 Å². The second-order valence-corrected chi connectivity index (χ2v) is 8.49. The summed E-state index contributed by atoms with van der Waals surface area (Å²) in [6.07, 6.45) is -3.01. The van der Waals surface area contributed by atoms with Crippen molar-refractivity contribution in [1.82, 2.24) is 4.72 Å². The molecule has 1 aliphatic rings. The van der Waals surface area contributed by atoms with Gasteiger partial charge in [0.25, 0.3) is 0 Å². The fourth-order valence-electron chi connectivity index (χ4n) is 3.19. The van der Waals surface area contributed by atoms with Crippen LogP contribution in [-0.4, -0.2) is 27.5 Å². The van der Waals surface area contributed by atoms with Crippen molar-refractivity contribution in [2.24, 2.45) is 0 Å². The first-order chi connectivity index (χ1) is 12.7. The third-order valence-electron chi connectivity index (χ3n) is 4.53. The number of nitrogens with one attached hydrogen (secondary N) is 1. The number of nitrogens with zero attached hydrogens (tertiary/aromatic N) is 1. The normalized spacial score (nSPS) is 18.1. The zero-order valence-electron chi connectivity index (χ0n) is 14.2. The molecule has 0 saturated carbocycles. The van der Waals surface area contributed by atoms with Crippen molar-refractivity contribution in [1.29, 1.82) is 0 Å². The minimum Gasteiger partial charge on any atom is -0.367 e. The summed E-state index contributed by atoms with van der Waals surface area (Å²) >= 11 is 5.56. The summed E-state index contributed by atoms with van der Waals surface area (Å²) in [6.45, 7) is 0.913. The highest BCUT2D eigenvalue weighted by atomic mass is 35.5. The summed E-state index contributed by atoms with van der Waals surface area (Å²) in [7, 11) is -4.09. The maximum absolute atomic E-state index is 13.0. The Morgan fingerprint density at radius 3 is 2.52 bits per heavy atom. The number of rotatable bonds is 5. The van der Waals surface area contributed by atoms with Crippen molar-refractivity contribution in [3.63, 3.8) is 0 Å². The molecule has 1 aliphatic heterocycles. The van der Waals surface area contributed by atoms with Gasteiger partial charge in [0.15, 0.2) is 0 Å². The monoisotopic (exact) mass is 418 g/mol. The smallest absolute Gasteiger partial charge is 0.367 e. The molecule has 1 unspecified atom stereocenters. The quantitative estimate of drug-likeness (QED) is 0.787. The van der Waals surface area contributed by atoms with E-state index in [0.717, 1.165) is 37.2 Å². The molecule has 1 heterocycles. The second-order valence-electron chi connectivity index (χ2n) is 6.32. The predicted octanol–water partition coefficient (Wildman–Crippen LogP) is 4.31. The minimum atomic E-state index is -4.72. The van der Waals surface area contributed by atoms with Gasteiger partial charge < -0.3 is 4.90 Å². The van der Waals surface area contributed by atoms with Gasteiger partial charge in [-0.3, -0.25) is 0 Å². The fraction of sp³-hybridized carbons (Fsp3) is 0.333. The van der Waals surface area contributed by atoms with Crippen molar-refractivity contribution in [3.05, 3.63) is 59.1 Å². The average Bonchev–Trinajstić information content (AvgIpc) is 3.09. The van der Waals surface area contributed by atoms with E-state index < -0.39 is 31.7 Å². The molecule has 1 saturated heterocycles. The number of halogens is 4. The van der Waals surface area contributed by atoms with Crippen molar-refractivity contribution >= 4 is 27.3 Å². The first kappa shape index (κ1) is 20.0. The number of sulfonamides is 1. The largest absolute Gasteiger partial charge is 0.417 e. The number of para-hydroxylation sites is 1. The molecule has 1 atom stereocenters. The lowest BCUT2D eigenvalue weighted by atomic mass is 10.2. The van der Waals surface area contributed by atoms with Crippen LogP contribution in [0.1, 0.15) is 18.4 Å². The summed E-state index contributed by atoms with van der Waals surface area (Å²) in [5, 5.41) is -0.535. The van der Waals surface area contributed by atoms with Crippen LogP contribution in [0.4, 0.5) is 18.9 Å². The highest BCUT2D eigenvalue weighted by molar-refractivity contribution is 7.89. The Labute approximate surface area is 161 Å². The highest BCUT2D eigenvalue weighted by Crippen LogP contribution is 2.36. The molecular formula is C18H18ClF3N2O2S. The van der Waals surface area contributed by atoms with Gasteiger partial charge in [-0.25, -0.2) is 13.1 Å². The SMILES string of the molecule is O=S(=O)(NCC1CCCN1c1ccccc1)c1ccc(Cl)c(C(F)(F)F)c1. The third kappa shape index (κ3) is 4.56. The summed E-state index contributed by atoms with van der Waals surface area (Å²) in [6, 6.07) is 12.1. The molecule has 0 aliphatic carbocycles. The van der Waals surface area contributed by atoms with Crippen molar-refractivity contribution < 1.29 is 21.6 Å². The van der Waals surface area contributed by atoms with E-state index in [9.17, 15) is 21.6 Å². The molecule has 1 fully saturated rings. The van der Waals surface area contributed by atoms with E-state index in [1.54, 1.807) is 0 Å². The zero-order chi connectivity index (χ0) is 19.7. The molecule has 2 aromatic rings. The van der Waals surface area contributed by atoms with Crippen LogP contribution in [0, 0.1) is 0 Å². The fourth-order valence-corrected chi connectivity index (χ4v) is 4.51. The zero-order valence-corrected chi connectivity index (χ0v) is 15.8. The Bertz CT molecular complexity index is 905. The lowest BCUT2D eigenvalue weighted by Crippen LogP contribution is -2.40. The first-order valence-corrected chi connectivity index (χ1v) is 10.2. The second kappa shape index (κ2) is 7.69. The van der Waals surface area contributed by atoms with Crippen LogP contribution < -0.4 is 9.62 Å². The molecule has 146 valence electrons. The van der Waals surface area contributed by atoms with E-state index in [1.807, 2.05) is 30.3 Å². The molecule has 27 heavy (non-hydrogen) atoms. The van der Waals surface area contributed by atoms with Crippen LogP contribution >= 0.6 is 11.6 Å². The van der Waals surface area contributed by atoms with E-state index >= 15 is 0 Å². The summed E-state index contributed by atoms with van der Waals surface area (Å²) < 4.78 is 66.3. The van der Waals surface area contributed by atoms with Gasteiger partial charge in [-0.05, 0) is 43.2 Å². The molecule has 3 rings (SSSR count). The van der Waals surface area contributed by atoms with Gasteiger partial charge in [-0.15, -0.1) is 0 Å². The van der Waals surface area contributed by atoms with E-state index in [2.05, 4.69) is 9.62 Å². The molecule has 2 aromatic carbocycles. The van der Waals surface area contributed by atoms with Gasteiger partial charge >= 0.3 is 6.18 Å². The van der Waals surface area contributed by atoms with Crippen LogP contribution in [0.25, 0.3) is 0 Å².